The maximum Gasteiger partial charge on any atom is 0.251 e. The molecule has 0 saturated carbocycles. The minimum absolute atomic E-state index is 0.162. The molecule has 2 aromatic carbocycles. The Morgan fingerprint density at radius 1 is 1.07 bits per heavy atom. The lowest BCUT2D eigenvalue weighted by Crippen LogP contribution is -2.35. The van der Waals surface area contributed by atoms with Crippen molar-refractivity contribution in [3.8, 4) is 0 Å². The Balaban J connectivity index is 1.50. The number of para-hydroxylation sites is 2. The highest BCUT2D eigenvalue weighted by Crippen LogP contribution is 2.21. The third-order valence-corrected chi connectivity index (χ3v) is 7.23. The van der Waals surface area contributed by atoms with Gasteiger partial charge < -0.3 is 9.88 Å². The van der Waals surface area contributed by atoms with E-state index in [4.69, 9.17) is 0 Å². The summed E-state index contributed by atoms with van der Waals surface area (Å²) in [5, 5.41) is 2.84. The van der Waals surface area contributed by atoms with Gasteiger partial charge in [-0.2, -0.15) is 4.31 Å². The topological polar surface area (TPSA) is 84.3 Å². The van der Waals surface area contributed by atoms with E-state index in [1.54, 1.807) is 18.2 Å². The molecule has 1 aromatic heterocycles. The molecule has 1 aliphatic rings. The number of piperidine rings is 1. The third-order valence-electron chi connectivity index (χ3n) is 5.34. The second-order valence-electron chi connectivity index (χ2n) is 7.25. The standard InChI is InChI=1S/C21H24N4O3S/c1-24-19-11-4-3-10-18(19)23-20(24)15-22-21(26)16-8-7-9-17(14-16)29(27,28)25-12-5-2-6-13-25/h3-4,7-11,14H,2,5-6,12-13,15H2,1H3,(H,22,26). The molecule has 29 heavy (non-hydrogen) atoms. The van der Waals surface area contributed by atoms with Crippen molar-refractivity contribution in [2.45, 2.75) is 30.7 Å². The van der Waals surface area contributed by atoms with Crippen LogP contribution in [0.25, 0.3) is 11.0 Å². The van der Waals surface area contributed by atoms with Crippen molar-refractivity contribution in [1.82, 2.24) is 19.2 Å². The van der Waals surface area contributed by atoms with E-state index in [-0.39, 0.29) is 17.3 Å². The second kappa shape index (κ2) is 7.96. The first-order valence-electron chi connectivity index (χ1n) is 9.75. The maximum atomic E-state index is 12.9. The first-order chi connectivity index (χ1) is 14.0. The quantitative estimate of drug-likeness (QED) is 0.698. The van der Waals surface area contributed by atoms with Crippen LogP contribution in [0.3, 0.4) is 0 Å². The maximum absolute atomic E-state index is 12.9. The van der Waals surface area contributed by atoms with Crippen LogP contribution in [0.2, 0.25) is 0 Å². The monoisotopic (exact) mass is 412 g/mol. The first-order valence-corrected chi connectivity index (χ1v) is 11.2. The van der Waals surface area contributed by atoms with Gasteiger partial charge in [-0.1, -0.05) is 24.6 Å². The summed E-state index contributed by atoms with van der Waals surface area (Å²) in [7, 11) is -1.67. The predicted molar refractivity (Wildman–Crippen MR) is 111 cm³/mol. The van der Waals surface area contributed by atoms with Gasteiger partial charge in [0.1, 0.15) is 5.82 Å². The summed E-state index contributed by atoms with van der Waals surface area (Å²) in [5.41, 5.74) is 2.18. The number of aryl methyl sites for hydroxylation is 1. The summed E-state index contributed by atoms with van der Waals surface area (Å²) in [6.45, 7) is 1.32. The largest absolute Gasteiger partial charge is 0.345 e. The van der Waals surface area contributed by atoms with Gasteiger partial charge in [0.25, 0.3) is 5.91 Å². The van der Waals surface area contributed by atoms with Crippen LogP contribution in [-0.4, -0.2) is 41.3 Å². The van der Waals surface area contributed by atoms with Gasteiger partial charge in [0, 0.05) is 25.7 Å². The van der Waals surface area contributed by atoms with Crippen LogP contribution < -0.4 is 5.32 Å². The fourth-order valence-electron chi connectivity index (χ4n) is 3.67. The van der Waals surface area contributed by atoms with E-state index in [1.165, 1.54) is 10.4 Å². The highest BCUT2D eigenvalue weighted by Gasteiger charge is 2.26. The molecule has 0 atom stereocenters. The van der Waals surface area contributed by atoms with Crippen molar-refractivity contribution in [2.75, 3.05) is 13.1 Å². The van der Waals surface area contributed by atoms with E-state index in [1.807, 2.05) is 35.9 Å². The Hall–Kier alpha value is -2.71. The number of carbonyl (C=O) groups excluding carboxylic acids is 1. The van der Waals surface area contributed by atoms with Crippen LogP contribution in [0, 0.1) is 0 Å². The Kier molecular flexibility index (Phi) is 5.38. The van der Waals surface area contributed by atoms with Crippen LogP contribution in [0.5, 0.6) is 0 Å². The van der Waals surface area contributed by atoms with Crippen LogP contribution in [0.4, 0.5) is 0 Å². The zero-order valence-electron chi connectivity index (χ0n) is 16.3. The fourth-order valence-corrected chi connectivity index (χ4v) is 5.23. The van der Waals surface area contributed by atoms with E-state index in [0.29, 0.717) is 18.7 Å². The van der Waals surface area contributed by atoms with Crippen molar-refractivity contribution in [3.05, 3.63) is 59.9 Å². The van der Waals surface area contributed by atoms with Crippen molar-refractivity contribution in [2.24, 2.45) is 7.05 Å². The number of aromatic nitrogens is 2. The minimum Gasteiger partial charge on any atom is -0.345 e. The van der Waals surface area contributed by atoms with Crippen molar-refractivity contribution in [3.63, 3.8) is 0 Å². The number of carbonyl (C=O) groups is 1. The average Bonchev–Trinajstić information content (AvgIpc) is 3.08. The number of rotatable bonds is 5. The first kappa shape index (κ1) is 19.6. The predicted octanol–water partition coefficient (Wildman–Crippen LogP) is 2.68. The minimum atomic E-state index is -3.57. The van der Waals surface area contributed by atoms with Crippen molar-refractivity contribution >= 4 is 27.0 Å². The van der Waals surface area contributed by atoms with E-state index in [0.717, 1.165) is 36.1 Å². The van der Waals surface area contributed by atoms with Gasteiger partial charge >= 0.3 is 0 Å². The summed E-state index contributed by atoms with van der Waals surface area (Å²) in [4.78, 5) is 17.3. The van der Waals surface area contributed by atoms with Gasteiger partial charge in [0.2, 0.25) is 10.0 Å². The molecule has 1 saturated heterocycles. The molecule has 0 spiro atoms. The van der Waals surface area contributed by atoms with Crippen molar-refractivity contribution in [1.29, 1.82) is 0 Å². The Morgan fingerprint density at radius 2 is 1.83 bits per heavy atom. The van der Waals surface area contributed by atoms with Gasteiger partial charge in [0.15, 0.2) is 0 Å². The highest BCUT2D eigenvalue weighted by molar-refractivity contribution is 7.89. The Morgan fingerprint density at radius 3 is 2.59 bits per heavy atom. The molecule has 152 valence electrons. The SMILES string of the molecule is Cn1c(CNC(=O)c2cccc(S(=O)(=O)N3CCCCC3)c2)nc2ccccc21. The molecule has 7 nitrogen and oxygen atoms in total. The molecule has 1 N–H and O–H groups in total. The number of hydrogen-bond acceptors (Lipinski definition) is 4. The Bertz CT molecular complexity index is 1150. The lowest BCUT2D eigenvalue weighted by molar-refractivity contribution is 0.0949. The number of hydrogen-bond donors (Lipinski definition) is 1. The van der Waals surface area contributed by atoms with Crippen LogP contribution in [0.15, 0.2) is 53.4 Å². The molecule has 0 unspecified atom stereocenters. The highest BCUT2D eigenvalue weighted by atomic mass is 32.2. The van der Waals surface area contributed by atoms with Crippen LogP contribution >= 0.6 is 0 Å². The second-order valence-corrected chi connectivity index (χ2v) is 9.19. The molecule has 1 fully saturated rings. The molecule has 8 heteroatoms. The molecular formula is C21H24N4O3S. The molecule has 0 bridgehead atoms. The molecule has 1 amide bonds. The van der Waals surface area contributed by atoms with E-state index < -0.39 is 10.0 Å². The molecule has 0 radical (unpaired) electrons. The van der Waals surface area contributed by atoms with E-state index in [2.05, 4.69) is 10.3 Å². The van der Waals surface area contributed by atoms with E-state index in [9.17, 15) is 13.2 Å². The number of sulfonamides is 1. The lowest BCUT2D eigenvalue weighted by atomic mass is 10.2. The summed E-state index contributed by atoms with van der Waals surface area (Å²) in [6.07, 6.45) is 2.80. The number of benzene rings is 2. The van der Waals surface area contributed by atoms with Crippen LogP contribution in [0.1, 0.15) is 35.4 Å². The molecule has 2 heterocycles. The normalized spacial score (nSPS) is 15.5. The summed E-state index contributed by atoms with van der Waals surface area (Å²) < 4.78 is 29.2. The smallest absolute Gasteiger partial charge is 0.251 e. The van der Waals surface area contributed by atoms with Gasteiger partial charge in [-0.25, -0.2) is 13.4 Å². The molecule has 1 aliphatic heterocycles. The van der Waals surface area contributed by atoms with Gasteiger partial charge in [0.05, 0.1) is 22.5 Å². The summed E-state index contributed by atoms with van der Waals surface area (Å²) >= 11 is 0. The van der Waals surface area contributed by atoms with Gasteiger partial charge in [-0.05, 0) is 43.2 Å². The average molecular weight is 413 g/mol. The fraction of sp³-hybridized carbons (Fsp3) is 0.333. The molecule has 4 rings (SSSR count). The molecule has 3 aromatic rings. The molecular weight excluding hydrogens is 388 g/mol. The number of fused-ring (bicyclic) bond motifs is 1. The number of nitrogens with one attached hydrogen (secondary N) is 1. The molecule has 0 aliphatic carbocycles. The van der Waals surface area contributed by atoms with Gasteiger partial charge in [-0.15, -0.1) is 0 Å². The number of nitrogens with zero attached hydrogens (tertiary/aromatic N) is 3. The van der Waals surface area contributed by atoms with Crippen LogP contribution in [-0.2, 0) is 23.6 Å². The lowest BCUT2D eigenvalue weighted by Gasteiger charge is -2.26. The zero-order chi connectivity index (χ0) is 20.4. The number of imidazole rings is 1. The van der Waals surface area contributed by atoms with E-state index >= 15 is 0 Å². The number of amides is 1. The van der Waals surface area contributed by atoms with Gasteiger partial charge in [-0.3, -0.25) is 4.79 Å². The summed E-state index contributed by atoms with van der Waals surface area (Å²) in [5.74, 6) is 0.407. The third kappa shape index (κ3) is 3.90. The Labute approximate surface area is 170 Å². The zero-order valence-corrected chi connectivity index (χ0v) is 17.2. The van der Waals surface area contributed by atoms with Crippen molar-refractivity contribution < 1.29 is 13.2 Å². The summed E-state index contributed by atoms with van der Waals surface area (Å²) in [6, 6.07) is 14.0.